The van der Waals surface area contributed by atoms with Gasteiger partial charge in [-0.15, -0.1) is 0 Å². The number of rotatable bonds is 6. The molecular formula is C22H23N3O2S. The Hall–Kier alpha value is -2.28. The summed E-state index contributed by atoms with van der Waals surface area (Å²) in [7, 11) is 0. The van der Waals surface area contributed by atoms with Crippen LogP contribution in [0, 0.1) is 6.92 Å². The SMILES string of the molecule is Cc1ccc(C(=O)CSc2nc(CN3CCOCC3)nc3ccccc23)cc1. The van der Waals surface area contributed by atoms with Crippen molar-refractivity contribution in [2.24, 2.45) is 0 Å². The van der Waals surface area contributed by atoms with Crippen molar-refractivity contribution in [3.8, 4) is 0 Å². The van der Waals surface area contributed by atoms with Gasteiger partial charge in [-0.2, -0.15) is 0 Å². The molecule has 0 aliphatic carbocycles. The quantitative estimate of drug-likeness (QED) is 0.361. The maximum Gasteiger partial charge on any atom is 0.173 e. The van der Waals surface area contributed by atoms with Crippen molar-refractivity contribution in [3.63, 3.8) is 0 Å². The summed E-state index contributed by atoms with van der Waals surface area (Å²) in [4.78, 5) is 24.4. The molecule has 144 valence electrons. The number of nitrogens with zero attached hydrogens (tertiary/aromatic N) is 3. The number of thioether (sulfide) groups is 1. The Morgan fingerprint density at radius 3 is 2.61 bits per heavy atom. The number of ketones is 1. The van der Waals surface area contributed by atoms with Crippen molar-refractivity contribution in [2.45, 2.75) is 18.5 Å². The van der Waals surface area contributed by atoms with E-state index in [1.54, 1.807) is 0 Å². The van der Waals surface area contributed by atoms with Gasteiger partial charge >= 0.3 is 0 Å². The third kappa shape index (κ3) is 4.58. The molecule has 0 spiro atoms. The molecule has 1 fully saturated rings. The second-order valence-corrected chi connectivity index (χ2v) is 7.89. The molecule has 2 aromatic carbocycles. The van der Waals surface area contributed by atoms with Crippen LogP contribution in [0.3, 0.4) is 0 Å². The van der Waals surface area contributed by atoms with Crippen molar-refractivity contribution in [1.29, 1.82) is 0 Å². The van der Waals surface area contributed by atoms with Crippen LogP contribution in [0.4, 0.5) is 0 Å². The van der Waals surface area contributed by atoms with Crippen molar-refractivity contribution >= 4 is 28.4 Å². The number of aryl methyl sites for hydroxylation is 1. The second kappa shape index (κ2) is 8.82. The predicted molar refractivity (Wildman–Crippen MR) is 112 cm³/mol. The number of benzene rings is 2. The predicted octanol–water partition coefficient (Wildman–Crippen LogP) is 3.75. The summed E-state index contributed by atoms with van der Waals surface area (Å²) < 4.78 is 5.42. The van der Waals surface area contributed by atoms with E-state index >= 15 is 0 Å². The fourth-order valence-corrected chi connectivity index (χ4v) is 4.12. The Labute approximate surface area is 169 Å². The van der Waals surface area contributed by atoms with Gasteiger partial charge in [-0.05, 0) is 13.0 Å². The molecule has 0 atom stereocenters. The standard InChI is InChI=1S/C22H23N3O2S/c1-16-6-8-17(9-7-16)20(26)15-28-22-18-4-2-3-5-19(18)23-21(24-22)14-25-10-12-27-13-11-25/h2-9H,10-15H2,1H3. The largest absolute Gasteiger partial charge is 0.379 e. The van der Waals surface area contributed by atoms with Crippen molar-refractivity contribution in [3.05, 3.63) is 65.5 Å². The molecular weight excluding hydrogens is 370 g/mol. The van der Waals surface area contributed by atoms with E-state index in [1.165, 1.54) is 11.8 Å². The summed E-state index contributed by atoms with van der Waals surface area (Å²) in [5.41, 5.74) is 2.81. The normalized spacial score (nSPS) is 15.0. The highest BCUT2D eigenvalue weighted by Crippen LogP contribution is 2.26. The lowest BCUT2D eigenvalue weighted by Gasteiger charge is -2.25. The molecule has 6 heteroatoms. The molecule has 0 unspecified atom stereocenters. The van der Waals surface area contributed by atoms with Gasteiger partial charge in [-0.1, -0.05) is 59.8 Å². The second-order valence-electron chi connectivity index (χ2n) is 6.93. The van der Waals surface area contributed by atoms with Crippen LogP contribution in [0.2, 0.25) is 0 Å². The zero-order valence-electron chi connectivity index (χ0n) is 15.9. The van der Waals surface area contributed by atoms with Gasteiger partial charge in [0, 0.05) is 24.0 Å². The summed E-state index contributed by atoms with van der Waals surface area (Å²) in [5.74, 6) is 1.27. The van der Waals surface area contributed by atoms with Gasteiger partial charge in [0.05, 0.1) is 31.0 Å². The van der Waals surface area contributed by atoms with E-state index < -0.39 is 0 Å². The van der Waals surface area contributed by atoms with Gasteiger partial charge in [0.15, 0.2) is 5.78 Å². The fraction of sp³-hybridized carbons (Fsp3) is 0.318. The van der Waals surface area contributed by atoms with Gasteiger partial charge < -0.3 is 4.74 Å². The Kier molecular flexibility index (Phi) is 6.00. The molecule has 1 aliphatic rings. The van der Waals surface area contributed by atoms with E-state index in [1.807, 2.05) is 55.5 Å². The molecule has 28 heavy (non-hydrogen) atoms. The summed E-state index contributed by atoms with van der Waals surface area (Å²) in [5, 5.41) is 1.87. The zero-order valence-corrected chi connectivity index (χ0v) is 16.7. The first-order valence-corrected chi connectivity index (χ1v) is 10.5. The number of Topliss-reactive ketones (excluding diaryl/α,β-unsaturated/α-hetero) is 1. The Morgan fingerprint density at radius 1 is 1.07 bits per heavy atom. The monoisotopic (exact) mass is 393 g/mol. The van der Waals surface area contributed by atoms with E-state index in [4.69, 9.17) is 14.7 Å². The van der Waals surface area contributed by atoms with Crippen molar-refractivity contribution in [2.75, 3.05) is 32.1 Å². The molecule has 1 aliphatic heterocycles. The highest BCUT2D eigenvalue weighted by molar-refractivity contribution is 8.00. The Bertz CT molecular complexity index is 969. The topological polar surface area (TPSA) is 55.3 Å². The van der Waals surface area contributed by atoms with Gasteiger partial charge in [0.25, 0.3) is 0 Å². The van der Waals surface area contributed by atoms with E-state index in [2.05, 4.69) is 4.90 Å². The van der Waals surface area contributed by atoms with E-state index in [-0.39, 0.29) is 5.78 Å². The van der Waals surface area contributed by atoms with Crippen LogP contribution >= 0.6 is 11.8 Å². The zero-order chi connectivity index (χ0) is 19.3. The molecule has 1 aromatic heterocycles. The van der Waals surface area contributed by atoms with Gasteiger partial charge in [0.1, 0.15) is 10.9 Å². The van der Waals surface area contributed by atoms with Crippen LogP contribution in [0.15, 0.2) is 53.6 Å². The lowest BCUT2D eigenvalue weighted by molar-refractivity contribution is 0.0330. The third-order valence-electron chi connectivity index (χ3n) is 4.80. The summed E-state index contributed by atoms with van der Waals surface area (Å²) >= 11 is 1.49. The van der Waals surface area contributed by atoms with Crippen LogP contribution in [-0.2, 0) is 11.3 Å². The van der Waals surface area contributed by atoms with Crippen molar-refractivity contribution in [1.82, 2.24) is 14.9 Å². The highest BCUT2D eigenvalue weighted by atomic mass is 32.2. The van der Waals surface area contributed by atoms with Gasteiger partial charge in [0.2, 0.25) is 0 Å². The molecule has 5 nitrogen and oxygen atoms in total. The van der Waals surface area contributed by atoms with Gasteiger partial charge in [-0.25, -0.2) is 9.97 Å². The average Bonchev–Trinajstić information content (AvgIpc) is 2.73. The molecule has 0 radical (unpaired) electrons. The molecule has 3 aromatic rings. The molecule has 4 rings (SSSR count). The number of fused-ring (bicyclic) bond motifs is 1. The molecule has 1 saturated heterocycles. The maximum atomic E-state index is 12.6. The molecule has 0 amide bonds. The number of carbonyl (C=O) groups excluding carboxylic acids is 1. The number of hydrogen-bond donors (Lipinski definition) is 0. The van der Waals surface area contributed by atoms with Crippen molar-refractivity contribution < 1.29 is 9.53 Å². The Morgan fingerprint density at radius 2 is 1.82 bits per heavy atom. The van der Waals surface area contributed by atoms with Gasteiger partial charge in [-0.3, -0.25) is 9.69 Å². The average molecular weight is 394 g/mol. The van der Waals surface area contributed by atoms with Crippen LogP contribution in [0.25, 0.3) is 10.9 Å². The lowest BCUT2D eigenvalue weighted by atomic mass is 10.1. The van der Waals surface area contributed by atoms with Crippen LogP contribution < -0.4 is 0 Å². The first-order valence-electron chi connectivity index (χ1n) is 9.47. The summed E-state index contributed by atoms with van der Waals surface area (Å²) in [6, 6.07) is 15.7. The molecule has 2 heterocycles. The molecule has 0 bridgehead atoms. The summed E-state index contributed by atoms with van der Waals surface area (Å²) in [6.07, 6.45) is 0. The van der Waals surface area contributed by atoms with E-state index in [9.17, 15) is 4.79 Å². The lowest BCUT2D eigenvalue weighted by Crippen LogP contribution is -2.36. The number of para-hydroxylation sites is 1. The number of carbonyl (C=O) groups is 1. The van der Waals surface area contributed by atoms with E-state index in [0.717, 1.165) is 59.2 Å². The third-order valence-corrected chi connectivity index (χ3v) is 5.79. The molecule has 0 saturated carbocycles. The number of hydrogen-bond acceptors (Lipinski definition) is 6. The minimum Gasteiger partial charge on any atom is -0.379 e. The number of aromatic nitrogens is 2. The minimum absolute atomic E-state index is 0.113. The highest BCUT2D eigenvalue weighted by Gasteiger charge is 2.15. The summed E-state index contributed by atoms with van der Waals surface area (Å²) in [6.45, 7) is 6.01. The van der Waals surface area contributed by atoms with Crippen LogP contribution in [0.5, 0.6) is 0 Å². The minimum atomic E-state index is 0.113. The van der Waals surface area contributed by atoms with E-state index in [0.29, 0.717) is 12.3 Å². The first-order chi connectivity index (χ1) is 13.7. The number of ether oxygens (including phenoxy) is 1. The smallest absolute Gasteiger partial charge is 0.173 e. The number of morpholine rings is 1. The van der Waals surface area contributed by atoms with Crippen LogP contribution in [-0.4, -0.2) is 52.7 Å². The molecule has 0 N–H and O–H groups in total. The fourth-order valence-electron chi connectivity index (χ4n) is 3.19. The first kappa shape index (κ1) is 19.1. The maximum absolute atomic E-state index is 12.6. The Balaban J connectivity index is 1.54. The van der Waals surface area contributed by atoms with Crippen LogP contribution in [0.1, 0.15) is 21.7 Å².